The third-order valence-corrected chi connectivity index (χ3v) is 4.34. The molecule has 19 heavy (non-hydrogen) atoms. The number of amides is 1. The maximum absolute atomic E-state index is 12.2. The summed E-state index contributed by atoms with van der Waals surface area (Å²) in [5.74, 6) is 0.00487. The zero-order valence-corrected chi connectivity index (χ0v) is 11.8. The molecule has 2 N–H and O–H groups in total. The lowest BCUT2D eigenvalue weighted by Gasteiger charge is -2.39. The average Bonchev–Trinajstić information content (AvgIpc) is 2.37. The summed E-state index contributed by atoms with van der Waals surface area (Å²) < 4.78 is 0. The van der Waals surface area contributed by atoms with Gasteiger partial charge < -0.3 is 10.4 Å². The molecule has 0 saturated heterocycles. The van der Waals surface area contributed by atoms with Crippen molar-refractivity contribution in [1.29, 1.82) is 0 Å². The van der Waals surface area contributed by atoms with Crippen LogP contribution in [0.5, 0.6) is 0 Å². The molecule has 1 aromatic carbocycles. The highest BCUT2D eigenvalue weighted by atomic mass is 16.3. The number of hydrogen-bond donors (Lipinski definition) is 2. The summed E-state index contributed by atoms with van der Waals surface area (Å²) >= 11 is 0. The van der Waals surface area contributed by atoms with E-state index in [1.54, 1.807) is 0 Å². The van der Waals surface area contributed by atoms with E-state index in [2.05, 4.69) is 31.3 Å². The van der Waals surface area contributed by atoms with E-state index in [0.29, 0.717) is 6.54 Å². The van der Waals surface area contributed by atoms with Crippen molar-refractivity contribution in [3.8, 4) is 0 Å². The van der Waals surface area contributed by atoms with Crippen molar-refractivity contribution in [2.75, 3.05) is 13.2 Å². The SMILES string of the molecule is CC(C)(CNC(=O)C1(CO)CCC1)c1ccccc1. The van der Waals surface area contributed by atoms with Gasteiger partial charge in [0.1, 0.15) is 0 Å². The minimum atomic E-state index is -0.507. The fourth-order valence-electron chi connectivity index (χ4n) is 2.54. The van der Waals surface area contributed by atoms with Gasteiger partial charge in [-0.05, 0) is 18.4 Å². The lowest BCUT2D eigenvalue weighted by molar-refractivity contribution is -0.139. The molecule has 1 aromatic rings. The van der Waals surface area contributed by atoms with E-state index in [-0.39, 0.29) is 17.9 Å². The lowest BCUT2D eigenvalue weighted by atomic mass is 9.68. The quantitative estimate of drug-likeness (QED) is 0.854. The van der Waals surface area contributed by atoms with Crippen molar-refractivity contribution in [1.82, 2.24) is 5.32 Å². The zero-order chi connectivity index (χ0) is 13.9. The average molecular weight is 261 g/mol. The Bertz CT molecular complexity index is 430. The Labute approximate surface area is 115 Å². The van der Waals surface area contributed by atoms with Crippen LogP contribution < -0.4 is 5.32 Å². The molecule has 0 spiro atoms. The van der Waals surface area contributed by atoms with Crippen molar-refractivity contribution in [3.63, 3.8) is 0 Å². The summed E-state index contributed by atoms with van der Waals surface area (Å²) in [5, 5.41) is 12.4. The third-order valence-electron chi connectivity index (χ3n) is 4.34. The number of carbonyl (C=O) groups excluding carboxylic acids is 1. The Morgan fingerprint density at radius 2 is 1.95 bits per heavy atom. The molecule has 1 fully saturated rings. The van der Waals surface area contributed by atoms with Crippen molar-refractivity contribution < 1.29 is 9.90 Å². The number of aliphatic hydroxyl groups is 1. The summed E-state index contributed by atoms with van der Waals surface area (Å²) in [6.07, 6.45) is 2.65. The normalized spacial score (nSPS) is 17.6. The molecule has 0 heterocycles. The van der Waals surface area contributed by atoms with Crippen molar-refractivity contribution >= 4 is 5.91 Å². The molecule has 0 aliphatic heterocycles. The smallest absolute Gasteiger partial charge is 0.228 e. The van der Waals surface area contributed by atoms with Gasteiger partial charge >= 0.3 is 0 Å². The molecule has 0 atom stereocenters. The monoisotopic (exact) mass is 261 g/mol. The van der Waals surface area contributed by atoms with Gasteiger partial charge in [-0.15, -0.1) is 0 Å². The Morgan fingerprint density at radius 1 is 1.32 bits per heavy atom. The fraction of sp³-hybridized carbons (Fsp3) is 0.562. The minimum absolute atomic E-state index is 0.00487. The molecule has 3 nitrogen and oxygen atoms in total. The zero-order valence-electron chi connectivity index (χ0n) is 11.8. The van der Waals surface area contributed by atoms with Crippen LogP contribution in [-0.2, 0) is 10.2 Å². The van der Waals surface area contributed by atoms with Crippen LogP contribution in [-0.4, -0.2) is 24.2 Å². The predicted molar refractivity (Wildman–Crippen MR) is 75.8 cm³/mol. The van der Waals surface area contributed by atoms with Crippen LogP contribution in [0.2, 0.25) is 0 Å². The topological polar surface area (TPSA) is 49.3 Å². The summed E-state index contributed by atoms with van der Waals surface area (Å²) in [6, 6.07) is 10.2. The van der Waals surface area contributed by atoms with Gasteiger partial charge in [-0.3, -0.25) is 4.79 Å². The number of aliphatic hydroxyl groups excluding tert-OH is 1. The van der Waals surface area contributed by atoms with E-state index in [9.17, 15) is 9.90 Å². The van der Waals surface area contributed by atoms with Crippen molar-refractivity contribution in [2.45, 2.75) is 38.5 Å². The molecule has 0 unspecified atom stereocenters. The second-order valence-electron chi connectivity index (χ2n) is 6.22. The van der Waals surface area contributed by atoms with Crippen LogP contribution in [0, 0.1) is 5.41 Å². The van der Waals surface area contributed by atoms with Gasteiger partial charge in [0.05, 0.1) is 12.0 Å². The number of carbonyl (C=O) groups is 1. The second-order valence-corrected chi connectivity index (χ2v) is 6.22. The molecule has 1 amide bonds. The second kappa shape index (κ2) is 5.33. The van der Waals surface area contributed by atoms with Gasteiger partial charge in [-0.2, -0.15) is 0 Å². The summed E-state index contributed by atoms with van der Waals surface area (Å²) in [4.78, 5) is 12.2. The molecule has 1 aliphatic rings. The molecule has 1 saturated carbocycles. The predicted octanol–water partition coefficient (Wildman–Crippen LogP) is 2.24. The van der Waals surface area contributed by atoms with Crippen LogP contribution >= 0.6 is 0 Å². The number of hydrogen-bond acceptors (Lipinski definition) is 2. The molecule has 2 rings (SSSR count). The van der Waals surface area contributed by atoms with E-state index in [1.165, 1.54) is 5.56 Å². The fourth-order valence-corrected chi connectivity index (χ4v) is 2.54. The molecule has 1 aliphatic carbocycles. The highest BCUT2D eigenvalue weighted by Crippen LogP contribution is 2.40. The van der Waals surface area contributed by atoms with E-state index in [4.69, 9.17) is 0 Å². The van der Waals surface area contributed by atoms with Crippen molar-refractivity contribution in [3.05, 3.63) is 35.9 Å². The maximum Gasteiger partial charge on any atom is 0.228 e. The van der Waals surface area contributed by atoms with Crippen LogP contribution in [0.3, 0.4) is 0 Å². The van der Waals surface area contributed by atoms with E-state index < -0.39 is 5.41 Å². The molecule has 3 heteroatoms. The van der Waals surface area contributed by atoms with Crippen LogP contribution in [0.1, 0.15) is 38.7 Å². The summed E-state index contributed by atoms with van der Waals surface area (Å²) in [6.45, 7) is 4.80. The first kappa shape index (κ1) is 14.1. The lowest BCUT2D eigenvalue weighted by Crippen LogP contribution is -2.50. The molecule has 0 aromatic heterocycles. The summed E-state index contributed by atoms with van der Waals surface area (Å²) in [7, 11) is 0. The standard InChI is InChI=1S/C16H23NO2/c1-15(2,13-7-4-3-5-8-13)11-17-14(19)16(12-18)9-6-10-16/h3-5,7-8,18H,6,9-12H2,1-2H3,(H,17,19). The van der Waals surface area contributed by atoms with E-state index in [1.807, 2.05) is 18.2 Å². The Kier molecular flexibility index (Phi) is 3.95. The first-order chi connectivity index (χ1) is 9.00. The molecule has 104 valence electrons. The Morgan fingerprint density at radius 3 is 2.42 bits per heavy atom. The van der Waals surface area contributed by atoms with Gasteiger partial charge in [0, 0.05) is 12.0 Å². The highest BCUT2D eigenvalue weighted by Gasteiger charge is 2.43. The maximum atomic E-state index is 12.2. The summed E-state index contributed by atoms with van der Waals surface area (Å²) in [5.41, 5.74) is 0.603. The van der Waals surface area contributed by atoms with Crippen molar-refractivity contribution in [2.24, 2.45) is 5.41 Å². The minimum Gasteiger partial charge on any atom is -0.395 e. The number of rotatable bonds is 5. The van der Waals surface area contributed by atoms with Crippen LogP contribution in [0.15, 0.2) is 30.3 Å². The van der Waals surface area contributed by atoms with E-state index in [0.717, 1.165) is 19.3 Å². The van der Waals surface area contributed by atoms with Gasteiger partial charge in [0.25, 0.3) is 0 Å². The Balaban J connectivity index is 1.96. The molecular weight excluding hydrogens is 238 g/mol. The van der Waals surface area contributed by atoms with Gasteiger partial charge in [0.15, 0.2) is 0 Å². The molecule has 0 radical (unpaired) electrons. The van der Waals surface area contributed by atoms with Gasteiger partial charge in [-0.25, -0.2) is 0 Å². The first-order valence-electron chi connectivity index (χ1n) is 6.95. The third kappa shape index (κ3) is 2.81. The number of nitrogens with one attached hydrogen (secondary N) is 1. The first-order valence-corrected chi connectivity index (χ1v) is 6.95. The highest BCUT2D eigenvalue weighted by molar-refractivity contribution is 5.83. The van der Waals surface area contributed by atoms with Crippen LogP contribution in [0.4, 0.5) is 0 Å². The molecule has 0 bridgehead atoms. The van der Waals surface area contributed by atoms with Crippen LogP contribution in [0.25, 0.3) is 0 Å². The Hall–Kier alpha value is -1.35. The molecular formula is C16H23NO2. The van der Waals surface area contributed by atoms with E-state index >= 15 is 0 Å². The van der Waals surface area contributed by atoms with Gasteiger partial charge in [0.2, 0.25) is 5.91 Å². The largest absolute Gasteiger partial charge is 0.395 e. The van der Waals surface area contributed by atoms with Gasteiger partial charge in [-0.1, -0.05) is 50.6 Å². The number of benzene rings is 1.